The number of hydrogen-bond acceptors (Lipinski definition) is 3. The lowest BCUT2D eigenvalue weighted by Gasteiger charge is -2.39. The summed E-state index contributed by atoms with van der Waals surface area (Å²) in [5.74, 6) is 1.03. The maximum Gasteiger partial charge on any atom is 0.248 e. The largest absolute Gasteiger partial charge is 0.366 e. The third-order valence-corrected chi connectivity index (χ3v) is 6.49. The van der Waals surface area contributed by atoms with E-state index in [1.807, 2.05) is 18.2 Å². The number of piperidine rings is 1. The minimum atomic E-state index is -0.322. The number of nitrogens with one attached hydrogen (secondary N) is 1. The first-order valence-corrected chi connectivity index (χ1v) is 10.4. The van der Waals surface area contributed by atoms with Crippen LogP contribution in [0.2, 0.25) is 0 Å². The fraction of sp³-hybridized carbons (Fsp3) is 0.682. The SMILES string of the molecule is CCC(C)CNCCCN1C2CCC1CC(c1cccc(C(N)=O)c1)C2. The number of benzene rings is 1. The lowest BCUT2D eigenvalue weighted by molar-refractivity contribution is 0.1000. The van der Waals surface area contributed by atoms with Crippen LogP contribution in [0.1, 0.15) is 74.2 Å². The molecule has 0 aliphatic carbocycles. The highest BCUT2D eigenvalue weighted by atomic mass is 16.1. The third-order valence-electron chi connectivity index (χ3n) is 6.49. The summed E-state index contributed by atoms with van der Waals surface area (Å²) in [4.78, 5) is 14.2. The molecule has 1 aromatic carbocycles. The van der Waals surface area contributed by atoms with E-state index in [1.54, 1.807) is 0 Å². The van der Waals surface area contributed by atoms with Crippen molar-refractivity contribution in [1.29, 1.82) is 0 Å². The first kappa shape index (κ1) is 19.4. The maximum absolute atomic E-state index is 11.5. The first-order valence-electron chi connectivity index (χ1n) is 10.4. The van der Waals surface area contributed by atoms with Crippen molar-refractivity contribution in [3.8, 4) is 0 Å². The van der Waals surface area contributed by atoms with Crippen LogP contribution in [-0.4, -0.2) is 42.5 Å². The number of rotatable bonds is 9. The van der Waals surface area contributed by atoms with Gasteiger partial charge in [0.1, 0.15) is 0 Å². The van der Waals surface area contributed by atoms with Gasteiger partial charge in [-0.25, -0.2) is 0 Å². The second-order valence-corrected chi connectivity index (χ2v) is 8.35. The Morgan fingerprint density at radius 2 is 2.04 bits per heavy atom. The highest BCUT2D eigenvalue weighted by Gasteiger charge is 2.40. The summed E-state index contributed by atoms with van der Waals surface area (Å²) in [5.41, 5.74) is 7.40. The van der Waals surface area contributed by atoms with Crippen molar-refractivity contribution < 1.29 is 4.79 Å². The van der Waals surface area contributed by atoms with Crippen LogP contribution in [0.15, 0.2) is 24.3 Å². The molecule has 2 bridgehead atoms. The van der Waals surface area contributed by atoms with Gasteiger partial charge in [-0.3, -0.25) is 9.69 Å². The Bertz CT molecular complexity index is 589. The van der Waals surface area contributed by atoms with E-state index in [0.717, 1.165) is 19.0 Å². The monoisotopic (exact) mass is 357 g/mol. The molecule has 1 aromatic rings. The molecule has 0 saturated carbocycles. The van der Waals surface area contributed by atoms with Crippen molar-refractivity contribution >= 4 is 5.91 Å². The van der Waals surface area contributed by atoms with E-state index in [1.165, 1.54) is 50.6 Å². The maximum atomic E-state index is 11.5. The van der Waals surface area contributed by atoms with Crippen LogP contribution in [-0.2, 0) is 0 Å². The Morgan fingerprint density at radius 1 is 1.31 bits per heavy atom. The average Bonchev–Trinajstić information content (AvgIpc) is 2.88. The highest BCUT2D eigenvalue weighted by Crippen LogP contribution is 2.43. The standard InChI is InChI=1S/C22H35N3O/c1-3-16(2)15-24-10-5-11-25-20-8-9-21(25)14-19(13-20)17-6-4-7-18(12-17)22(23)26/h4,6-7,12,16,19-21,24H,3,5,8-11,13-15H2,1-2H3,(H2,23,26). The minimum Gasteiger partial charge on any atom is -0.366 e. The molecular formula is C22H35N3O. The summed E-state index contributed by atoms with van der Waals surface area (Å²) in [6.45, 7) is 8.06. The van der Waals surface area contributed by atoms with Gasteiger partial charge >= 0.3 is 0 Å². The average molecular weight is 358 g/mol. The molecule has 1 amide bonds. The molecule has 4 heteroatoms. The summed E-state index contributed by atoms with van der Waals surface area (Å²) < 4.78 is 0. The van der Waals surface area contributed by atoms with E-state index in [2.05, 4.69) is 30.1 Å². The van der Waals surface area contributed by atoms with E-state index < -0.39 is 0 Å². The Labute approximate surface area is 158 Å². The van der Waals surface area contributed by atoms with E-state index in [9.17, 15) is 4.79 Å². The molecule has 2 saturated heterocycles. The van der Waals surface area contributed by atoms with Crippen molar-refractivity contribution in [1.82, 2.24) is 10.2 Å². The first-order chi connectivity index (χ1) is 12.6. The van der Waals surface area contributed by atoms with Crippen LogP contribution >= 0.6 is 0 Å². The van der Waals surface area contributed by atoms with Gasteiger partial charge in [0.2, 0.25) is 5.91 Å². The molecule has 3 atom stereocenters. The van der Waals surface area contributed by atoms with Gasteiger partial charge in [-0.2, -0.15) is 0 Å². The van der Waals surface area contributed by atoms with Crippen molar-refractivity contribution in [3.63, 3.8) is 0 Å². The molecule has 26 heavy (non-hydrogen) atoms. The zero-order valence-electron chi connectivity index (χ0n) is 16.4. The highest BCUT2D eigenvalue weighted by molar-refractivity contribution is 5.92. The lowest BCUT2D eigenvalue weighted by Crippen LogP contribution is -2.43. The molecule has 2 fully saturated rings. The van der Waals surface area contributed by atoms with Gasteiger partial charge in [0, 0.05) is 17.6 Å². The number of carbonyl (C=O) groups is 1. The van der Waals surface area contributed by atoms with E-state index in [-0.39, 0.29) is 5.91 Å². The quantitative estimate of drug-likeness (QED) is 0.665. The second kappa shape index (κ2) is 9.01. The normalized spacial score (nSPS) is 26.8. The van der Waals surface area contributed by atoms with E-state index in [4.69, 9.17) is 5.73 Å². The van der Waals surface area contributed by atoms with Crippen LogP contribution in [0.3, 0.4) is 0 Å². The van der Waals surface area contributed by atoms with Crippen molar-refractivity contribution in [2.45, 2.75) is 70.4 Å². The van der Waals surface area contributed by atoms with Crippen LogP contribution in [0.25, 0.3) is 0 Å². The number of carbonyl (C=O) groups excluding carboxylic acids is 1. The zero-order valence-corrected chi connectivity index (χ0v) is 16.4. The van der Waals surface area contributed by atoms with Crippen molar-refractivity contribution in [2.75, 3.05) is 19.6 Å². The molecule has 0 radical (unpaired) electrons. The number of primary amides is 1. The Morgan fingerprint density at radius 3 is 2.69 bits per heavy atom. The molecule has 144 valence electrons. The number of nitrogens with zero attached hydrogens (tertiary/aromatic N) is 1. The molecule has 2 aliphatic heterocycles. The molecule has 0 spiro atoms. The van der Waals surface area contributed by atoms with E-state index >= 15 is 0 Å². The molecule has 4 nitrogen and oxygen atoms in total. The van der Waals surface area contributed by atoms with Gasteiger partial charge in [-0.05, 0) is 81.3 Å². The molecule has 2 aliphatic rings. The number of fused-ring (bicyclic) bond motifs is 2. The van der Waals surface area contributed by atoms with Gasteiger partial charge in [0.15, 0.2) is 0 Å². The fourth-order valence-electron chi connectivity index (χ4n) is 4.74. The van der Waals surface area contributed by atoms with Gasteiger partial charge in [-0.1, -0.05) is 32.4 Å². The number of hydrogen-bond donors (Lipinski definition) is 2. The van der Waals surface area contributed by atoms with Crippen LogP contribution in [0, 0.1) is 5.92 Å². The second-order valence-electron chi connectivity index (χ2n) is 8.35. The lowest BCUT2D eigenvalue weighted by atomic mass is 9.84. The van der Waals surface area contributed by atoms with Gasteiger partial charge in [0.05, 0.1) is 0 Å². The fourth-order valence-corrected chi connectivity index (χ4v) is 4.74. The van der Waals surface area contributed by atoms with Crippen LogP contribution in [0.5, 0.6) is 0 Å². The summed E-state index contributed by atoms with van der Waals surface area (Å²) >= 11 is 0. The zero-order chi connectivity index (χ0) is 18.5. The minimum absolute atomic E-state index is 0.322. The topological polar surface area (TPSA) is 58.4 Å². The van der Waals surface area contributed by atoms with Gasteiger partial charge in [0.25, 0.3) is 0 Å². The molecule has 3 rings (SSSR count). The Hall–Kier alpha value is -1.39. The third kappa shape index (κ3) is 4.66. The predicted molar refractivity (Wildman–Crippen MR) is 107 cm³/mol. The van der Waals surface area contributed by atoms with Gasteiger partial charge < -0.3 is 11.1 Å². The molecular weight excluding hydrogens is 322 g/mol. The Balaban J connectivity index is 1.50. The number of amides is 1. The number of nitrogens with two attached hydrogens (primary N) is 1. The van der Waals surface area contributed by atoms with Crippen molar-refractivity contribution in [2.24, 2.45) is 11.7 Å². The summed E-state index contributed by atoms with van der Waals surface area (Å²) in [7, 11) is 0. The summed E-state index contributed by atoms with van der Waals surface area (Å²) in [6.07, 6.45) is 7.60. The smallest absolute Gasteiger partial charge is 0.248 e. The van der Waals surface area contributed by atoms with Crippen LogP contribution in [0.4, 0.5) is 0 Å². The Kier molecular flexibility index (Phi) is 6.71. The van der Waals surface area contributed by atoms with Crippen molar-refractivity contribution in [3.05, 3.63) is 35.4 Å². The van der Waals surface area contributed by atoms with Gasteiger partial charge in [-0.15, -0.1) is 0 Å². The molecule has 3 N–H and O–H groups in total. The predicted octanol–water partition coefficient (Wildman–Crippen LogP) is 3.52. The van der Waals surface area contributed by atoms with Crippen LogP contribution < -0.4 is 11.1 Å². The molecule has 3 unspecified atom stereocenters. The summed E-state index contributed by atoms with van der Waals surface area (Å²) in [5, 5.41) is 3.61. The molecule has 0 aromatic heterocycles. The summed E-state index contributed by atoms with van der Waals surface area (Å²) in [6, 6.07) is 9.41. The van der Waals surface area contributed by atoms with E-state index in [0.29, 0.717) is 23.6 Å². The molecule has 2 heterocycles.